The number of rotatable bonds is 9. The van der Waals surface area contributed by atoms with Crippen LogP contribution in [0.5, 0.6) is 11.5 Å². The molecule has 4 rings (SSSR count). The molecule has 7 nitrogen and oxygen atoms in total. The summed E-state index contributed by atoms with van der Waals surface area (Å²) in [7, 11) is 1.52. The first-order chi connectivity index (χ1) is 16.5. The van der Waals surface area contributed by atoms with Crippen LogP contribution in [0.3, 0.4) is 0 Å². The Bertz CT molecular complexity index is 1290. The molecule has 3 aromatic carbocycles. The molecule has 0 bridgehead atoms. The molecule has 0 fully saturated rings. The predicted octanol–water partition coefficient (Wildman–Crippen LogP) is 5.96. The molecule has 10 heteroatoms. The average Bonchev–Trinajstić information content (AvgIpc) is 3.26. The lowest BCUT2D eigenvalue weighted by Crippen LogP contribution is -2.19. The highest BCUT2D eigenvalue weighted by molar-refractivity contribution is 7.99. The van der Waals surface area contributed by atoms with Crippen LogP contribution in [0.25, 0.3) is 11.1 Å². The van der Waals surface area contributed by atoms with E-state index in [0.717, 1.165) is 11.1 Å². The summed E-state index contributed by atoms with van der Waals surface area (Å²) in [5.74, 6) is 0.659. The van der Waals surface area contributed by atoms with Gasteiger partial charge in [0.05, 0.1) is 24.1 Å². The Balaban J connectivity index is 1.33. The maximum absolute atomic E-state index is 12.1. The summed E-state index contributed by atoms with van der Waals surface area (Å²) < 4.78 is 16.8. The molecule has 1 aromatic heterocycles. The lowest BCUT2D eigenvalue weighted by atomic mass is 10.2. The van der Waals surface area contributed by atoms with Gasteiger partial charge in [-0.05, 0) is 47.5 Å². The molecule has 1 N–H and O–H groups in total. The van der Waals surface area contributed by atoms with Gasteiger partial charge in [-0.15, -0.1) is 0 Å². The van der Waals surface area contributed by atoms with Gasteiger partial charge in [0.25, 0.3) is 11.1 Å². The smallest absolute Gasteiger partial charge is 0.257 e. The number of halogens is 2. The van der Waals surface area contributed by atoms with Crippen LogP contribution in [0.1, 0.15) is 11.1 Å². The summed E-state index contributed by atoms with van der Waals surface area (Å²) in [6, 6.07) is 18.1. The number of carbonyl (C=O) groups excluding carboxylic acids is 1. The fourth-order valence-corrected chi connectivity index (χ4v) is 3.97. The van der Waals surface area contributed by atoms with Gasteiger partial charge in [0, 0.05) is 5.02 Å². The van der Waals surface area contributed by atoms with Crippen molar-refractivity contribution in [1.29, 1.82) is 0 Å². The average molecular weight is 516 g/mol. The highest BCUT2D eigenvalue weighted by atomic mass is 35.5. The van der Waals surface area contributed by atoms with Crippen molar-refractivity contribution < 1.29 is 18.7 Å². The first-order valence-corrected chi connectivity index (χ1v) is 11.8. The molecule has 4 aromatic rings. The zero-order valence-electron chi connectivity index (χ0n) is 18.0. The maximum atomic E-state index is 12.1. The molecule has 1 amide bonds. The number of aromatic nitrogens is 1. The van der Waals surface area contributed by atoms with Gasteiger partial charge in [0.15, 0.2) is 17.1 Å². The number of oxazole rings is 1. The number of methoxy groups -OCH3 is 1. The molecule has 0 unspecified atom stereocenters. The lowest BCUT2D eigenvalue weighted by molar-refractivity contribution is -0.118. The molecule has 0 aliphatic rings. The van der Waals surface area contributed by atoms with Gasteiger partial charge in [-0.1, -0.05) is 59.2 Å². The van der Waals surface area contributed by atoms with Gasteiger partial charge in [-0.25, -0.2) is 10.4 Å². The van der Waals surface area contributed by atoms with E-state index in [1.165, 1.54) is 25.1 Å². The Morgan fingerprint density at radius 3 is 2.74 bits per heavy atom. The van der Waals surface area contributed by atoms with Crippen molar-refractivity contribution in [3.63, 3.8) is 0 Å². The number of ether oxygens (including phenoxy) is 2. The van der Waals surface area contributed by atoms with E-state index in [2.05, 4.69) is 15.5 Å². The zero-order valence-corrected chi connectivity index (χ0v) is 20.3. The molecule has 0 spiro atoms. The third kappa shape index (κ3) is 6.22. The number of amides is 1. The minimum Gasteiger partial charge on any atom is -0.493 e. The Morgan fingerprint density at radius 1 is 1.18 bits per heavy atom. The second kappa shape index (κ2) is 11.3. The second-order valence-electron chi connectivity index (χ2n) is 6.98. The third-order valence-electron chi connectivity index (χ3n) is 4.55. The normalized spacial score (nSPS) is 11.1. The van der Waals surface area contributed by atoms with Gasteiger partial charge in [-0.3, -0.25) is 4.79 Å². The van der Waals surface area contributed by atoms with Crippen molar-refractivity contribution in [3.05, 3.63) is 81.8 Å². The largest absolute Gasteiger partial charge is 0.493 e. The molecule has 0 atom stereocenters. The van der Waals surface area contributed by atoms with Crippen LogP contribution in [0.2, 0.25) is 10.0 Å². The van der Waals surface area contributed by atoms with Crippen LogP contribution in [-0.4, -0.2) is 30.0 Å². The SMILES string of the molecule is COc1cc(/C=N\NC(=O)CSc2nc3ccccc3o2)cc(Cl)c1OCc1ccc(Cl)cc1. The lowest BCUT2D eigenvalue weighted by Gasteiger charge is -2.13. The van der Waals surface area contributed by atoms with Crippen LogP contribution >= 0.6 is 35.0 Å². The number of hydrazone groups is 1. The fraction of sp³-hybridized carbons (Fsp3) is 0.125. The Labute approximate surface area is 210 Å². The van der Waals surface area contributed by atoms with E-state index in [9.17, 15) is 4.79 Å². The van der Waals surface area contributed by atoms with Gasteiger partial charge in [-0.2, -0.15) is 5.10 Å². The van der Waals surface area contributed by atoms with Crippen molar-refractivity contribution in [1.82, 2.24) is 10.4 Å². The molecule has 34 heavy (non-hydrogen) atoms. The van der Waals surface area contributed by atoms with E-state index in [1.807, 2.05) is 36.4 Å². The van der Waals surface area contributed by atoms with Gasteiger partial charge in [0.2, 0.25) is 0 Å². The van der Waals surface area contributed by atoms with E-state index in [-0.39, 0.29) is 11.7 Å². The van der Waals surface area contributed by atoms with Crippen molar-refractivity contribution in [3.8, 4) is 11.5 Å². The van der Waals surface area contributed by atoms with Crippen LogP contribution in [0.15, 0.2) is 75.4 Å². The highest BCUT2D eigenvalue weighted by Gasteiger charge is 2.12. The maximum Gasteiger partial charge on any atom is 0.257 e. The fourth-order valence-electron chi connectivity index (χ4n) is 2.94. The van der Waals surface area contributed by atoms with Crippen molar-refractivity contribution >= 4 is 58.2 Å². The van der Waals surface area contributed by atoms with Crippen LogP contribution in [0.4, 0.5) is 0 Å². The molecule has 1 heterocycles. The first-order valence-electron chi connectivity index (χ1n) is 10.1. The summed E-state index contributed by atoms with van der Waals surface area (Å²) in [4.78, 5) is 16.4. The molecule has 0 saturated heterocycles. The Morgan fingerprint density at radius 2 is 1.97 bits per heavy atom. The number of hydrogen-bond donors (Lipinski definition) is 1. The van der Waals surface area contributed by atoms with E-state index in [4.69, 9.17) is 37.1 Å². The topological polar surface area (TPSA) is 86.0 Å². The summed E-state index contributed by atoms with van der Waals surface area (Å²) in [5.41, 5.74) is 5.46. The van der Waals surface area contributed by atoms with Gasteiger partial charge < -0.3 is 13.9 Å². The molecule has 0 aliphatic heterocycles. The van der Waals surface area contributed by atoms with Gasteiger partial charge >= 0.3 is 0 Å². The van der Waals surface area contributed by atoms with E-state index in [1.54, 1.807) is 24.3 Å². The minimum absolute atomic E-state index is 0.103. The number of benzene rings is 3. The number of nitrogens with zero attached hydrogens (tertiary/aromatic N) is 2. The molecule has 0 saturated carbocycles. The summed E-state index contributed by atoms with van der Waals surface area (Å²) in [6.07, 6.45) is 1.47. The number of hydrogen-bond acceptors (Lipinski definition) is 7. The predicted molar refractivity (Wildman–Crippen MR) is 134 cm³/mol. The summed E-state index contributed by atoms with van der Waals surface area (Å²) in [6.45, 7) is 0.300. The van der Waals surface area contributed by atoms with Crippen molar-refractivity contribution in [2.24, 2.45) is 5.10 Å². The molecular formula is C24H19Cl2N3O4S. The Hall–Kier alpha value is -3.20. The van der Waals surface area contributed by atoms with Crippen LogP contribution in [-0.2, 0) is 11.4 Å². The molecule has 0 aliphatic carbocycles. The number of fused-ring (bicyclic) bond motifs is 1. The van der Waals surface area contributed by atoms with E-state index >= 15 is 0 Å². The molecular weight excluding hydrogens is 497 g/mol. The van der Waals surface area contributed by atoms with E-state index in [0.29, 0.717) is 44.5 Å². The Kier molecular flexibility index (Phi) is 7.95. The quantitative estimate of drug-likeness (QED) is 0.168. The summed E-state index contributed by atoms with van der Waals surface area (Å²) in [5, 5.41) is 5.42. The highest BCUT2D eigenvalue weighted by Crippen LogP contribution is 2.36. The minimum atomic E-state index is -0.301. The number of para-hydroxylation sites is 2. The van der Waals surface area contributed by atoms with Gasteiger partial charge in [0.1, 0.15) is 12.1 Å². The van der Waals surface area contributed by atoms with Crippen LogP contribution in [0, 0.1) is 0 Å². The van der Waals surface area contributed by atoms with Crippen molar-refractivity contribution in [2.45, 2.75) is 11.8 Å². The van der Waals surface area contributed by atoms with Crippen LogP contribution < -0.4 is 14.9 Å². The second-order valence-corrected chi connectivity index (χ2v) is 8.75. The third-order valence-corrected chi connectivity index (χ3v) is 5.91. The molecule has 0 radical (unpaired) electrons. The molecule has 174 valence electrons. The van der Waals surface area contributed by atoms with Crippen molar-refractivity contribution in [2.75, 3.05) is 12.9 Å². The first kappa shape index (κ1) is 23.9. The zero-order chi connectivity index (χ0) is 23.9. The van der Waals surface area contributed by atoms with E-state index < -0.39 is 0 Å². The number of thioether (sulfide) groups is 1. The number of nitrogens with one attached hydrogen (secondary N) is 1. The standard InChI is InChI=1S/C24H19Cl2N3O4S/c1-31-21-11-16(10-18(26)23(21)32-13-15-6-8-17(25)9-7-15)12-27-29-22(30)14-34-24-28-19-4-2-3-5-20(19)33-24/h2-12H,13-14H2,1H3,(H,29,30)/b27-12-. The number of carbonyl (C=O) groups is 1. The monoisotopic (exact) mass is 515 g/mol. The summed E-state index contributed by atoms with van der Waals surface area (Å²) >= 11 is 13.5.